The molecule has 0 aliphatic carbocycles. The van der Waals surface area contributed by atoms with E-state index in [2.05, 4.69) is 91.1 Å². The number of rotatable bonds is 22. The molecule has 2 rings (SSSR count). The van der Waals surface area contributed by atoms with E-state index in [1.54, 1.807) is 0 Å². The molecule has 1 aromatic carbocycles. The van der Waals surface area contributed by atoms with Crippen molar-refractivity contribution < 1.29 is 4.57 Å². The summed E-state index contributed by atoms with van der Waals surface area (Å²) in [6, 6.07) is 15.5. The van der Waals surface area contributed by atoms with Crippen LogP contribution in [0.4, 0.5) is 5.69 Å². The second-order valence-electron chi connectivity index (χ2n) is 10.7. The fraction of sp³-hybridized carbons (Fsp3) is 0.629. The van der Waals surface area contributed by atoms with Crippen LogP contribution in [0.2, 0.25) is 0 Å². The minimum atomic E-state index is 1.05. The van der Waals surface area contributed by atoms with Gasteiger partial charge in [-0.15, -0.1) is 0 Å². The fourth-order valence-electron chi connectivity index (χ4n) is 5.24. The fourth-order valence-corrected chi connectivity index (χ4v) is 5.24. The van der Waals surface area contributed by atoms with E-state index in [0.29, 0.717) is 0 Å². The first-order chi connectivity index (χ1) is 18.3. The Kier molecular flexibility index (Phi) is 17.6. The lowest BCUT2D eigenvalue weighted by atomic mass is 10.0. The molecule has 37 heavy (non-hydrogen) atoms. The topological polar surface area (TPSA) is 7.12 Å². The highest BCUT2D eigenvalue weighted by Gasteiger charge is 2.06. The zero-order chi connectivity index (χ0) is 26.4. The molecular weight excluding hydrogens is 448 g/mol. The molecule has 0 aliphatic heterocycles. The third kappa shape index (κ3) is 13.9. The third-order valence-electron chi connectivity index (χ3n) is 7.70. The number of aromatic nitrogens is 1. The predicted octanol–water partition coefficient (Wildman–Crippen LogP) is 10.3. The van der Waals surface area contributed by atoms with E-state index in [0.717, 1.165) is 19.6 Å². The molecular formula is C35H57N2+. The molecule has 0 radical (unpaired) electrons. The minimum Gasteiger partial charge on any atom is -0.372 e. The van der Waals surface area contributed by atoms with Gasteiger partial charge in [-0.05, 0) is 50.1 Å². The quantitative estimate of drug-likeness (QED) is 0.114. The number of aryl methyl sites for hydroxylation is 1. The van der Waals surface area contributed by atoms with Crippen LogP contribution in [0.15, 0.2) is 48.7 Å². The summed E-state index contributed by atoms with van der Waals surface area (Å²) < 4.78 is 2.41. The lowest BCUT2D eigenvalue weighted by molar-refractivity contribution is -0.699. The lowest BCUT2D eigenvalue weighted by Crippen LogP contribution is -2.36. The number of anilines is 1. The van der Waals surface area contributed by atoms with Gasteiger partial charge in [0.15, 0.2) is 6.20 Å². The zero-order valence-corrected chi connectivity index (χ0v) is 24.6. The van der Waals surface area contributed by atoms with Crippen molar-refractivity contribution in [3.05, 3.63) is 59.9 Å². The normalized spacial score (nSPS) is 11.4. The molecule has 0 bridgehead atoms. The SMILES string of the molecule is CCCCCCCCCCCCCCCCCC[n+]1ccccc1/C=C/c1ccc(N(CC)CC)cc1. The molecule has 0 unspecified atom stereocenters. The van der Waals surface area contributed by atoms with Gasteiger partial charge in [0.05, 0.1) is 0 Å². The summed E-state index contributed by atoms with van der Waals surface area (Å²) in [5.74, 6) is 0. The average Bonchev–Trinajstić information content (AvgIpc) is 2.93. The Balaban J connectivity index is 1.56. The van der Waals surface area contributed by atoms with Crippen LogP contribution in [0, 0.1) is 0 Å². The zero-order valence-electron chi connectivity index (χ0n) is 24.6. The van der Waals surface area contributed by atoms with Crippen molar-refractivity contribution in [2.75, 3.05) is 18.0 Å². The molecule has 206 valence electrons. The van der Waals surface area contributed by atoms with Crippen molar-refractivity contribution in [1.82, 2.24) is 0 Å². The second kappa shape index (κ2) is 20.9. The van der Waals surface area contributed by atoms with Gasteiger partial charge < -0.3 is 4.90 Å². The van der Waals surface area contributed by atoms with Gasteiger partial charge in [-0.25, -0.2) is 0 Å². The first-order valence-electron chi connectivity index (χ1n) is 15.8. The molecule has 0 atom stereocenters. The Bertz CT molecular complexity index is 819. The number of hydrogen-bond acceptors (Lipinski definition) is 1. The summed E-state index contributed by atoms with van der Waals surface area (Å²) in [7, 11) is 0. The maximum atomic E-state index is 2.41. The van der Waals surface area contributed by atoms with Gasteiger partial charge in [0.1, 0.15) is 6.54 Å². The molecule has 0 spiro atoms. The monoisotopic (exact) mass is 505 g/mol. The van der Waals surface area contributed by atoms with Crippen LogP contribution in [-0.4, -0.2) is 13.1 Å². The first-order valence-corrected chi connectivity index (χ1v) is 15.8. The third-order valence-corrected chi connectivity index (χ3v) is 7.70. The van der Waals surface area contributed by atoms with E-state index in [1.165, 1.54) is 120 Å². The number of unbranched alkanes of at least 4 members (excludes halogenated alkanes) is 15. The molecule has 2 nitrogen and oxygen atoms in total. The van der Waals surface area contributed by atoms with E-state index >= 15 is 0 Å². The second-order valence-corrected chi connectivity index (χ2v) is 10.7. The maximum Gasteiger partial charge on any atom is 0.205 e. The molecule has 1 heterocycles. The van der Waals surface area contributed by atoms with E-state index in [-0.39, 0.29) is 0 Å². The number of hydrogen-bond donors (Lipinski definition) is 0. The number of benzene rings is 1. The van der Waals surface area contributed by atoms with E-state index in [1.807, 2.05) is 0 Å². The molecule has 0 fully saturated rings. The highest BCUT2D eigenvalue weighted by atomic mass is 15.1. The summed E-state index contributed by atoms with van der Waals surface area (Å²) in [5.41, 5.74) is 3.85. The van der Waals surface area contributed by atoms with Crippen molar-refractivity contribution in [3.8, 4) is 0 Å². The summed E-state index contributed by atoms with van der Waals surface area (Å²) in [5, 5.41) is 0. The average molecular weight is 506 g/mol. The van der Waals surface area contributed by atoms with E-state index in [4.69, 9.17) is 0 Å². The predicted molar refractivity (Wildman–Crippen MR) is 165 cm³/mol. The molecule has 1 aromatic heterocycles. The Morgan fingerprint density at radius 1 is 0.568 bits per heavy atom. The van der Waals surface area contributed by atoms with E-state index in [9.17, 15) is 0 Å². The molecule has 2 aromatic rings. The van der Waals surface area contributed by atoms with Gasteiger partial charge >= 0.3 is 0 Å². The molecule has 0 aliphatic rings. The Morgan fingerprint density at radius 3 is 1.59 bits per heavy atom. The highest BCUT2D eigenvalue weighted by Crippen LogP contribution is 2.17. The van der Waals surface area contributed by atoms with Gasteiger partial charge in [-0.2, -0.15) is 4.57 Å². The number of nitrogens with zero attached hydrogens (tertiary/aromatic N) is 2. The molecule has 0 N–H and O–H groups in total. The van der Waals surface area contributed by atoms with Crippen molar-refractivity contribution in [1.29, 1.82) is 0 Å². The minimum absolute atomic E-state index is 1.05. The summed E-state index contributed by atoms with van der Waals surface area (Å²) in [4.78, 5) is 2.39. The van der Waals surface area contributed by atoms with Crippen molar-refractivity contribution >= 4 is 17.8 Å². The summed E-state index contributed by atoms with van der Waals surface area (Å²) >= 11 is 0. The summed E-state index contributed by atoms with van der Waals surface area (Å²) in [6.07, 6.45) is 29.5. The lowest BCUT2D eigenvalue weighted by Gasteiger charge is -2.20. The van der Waals surface area contributed by atoms with Crippen LogP contribution in [0.3, 0.4) is 0 Å². The molecule has 0 amide bonds. The molecule has 0 saturated carbocycles. The van der Waals surface area contributed by atoms with Gasteiger partial charge in [0, 0.05) is 43.4 Å². The first kappa shape index (κ1) is 31.1. The van der Waals surface area contributed by atoms with Crippen LogP contribution in [-0.2, 0) is 6.54 Å². The van der Waals surface area contributed by atoms with Gasteiger partial charge in [0.25, 0.3) is 0 Å². The number of pyridine rings is 1. The van der Waals surface area contributed by atoms with Crippen molar-refractivity contribution in [3.63, 3.8) is 0 Å². The molecule has 0 saturated heterocycles. The smallest absolute Gasteiger partial charge is 0.205 e. The Labute approximate surface area is 230 Å². The van der Waals surface area contributed by atoms with Crippen LogP contribution in [0.25, 0.3) is 12.2 Å². The maximum absolute atomic E-state index is 2.41. The highest BCUT2D eigenvalue weighted by molar-refractivity contribution is 5.68. The van der Waals surface area contributed by atoms with Gasteiger partial charge in [-0.1, -0.05) is 109 Å². The van der Waals surface area contributed by atoms with Gasteiger partial charge in [-0.3, -0.25) is 0 Å². The van der Waals surface area contributed by atoms with Crippen LogP contribution in [0.5, 0.6) is 0 Å². The Morgan fingerprint density at radius 2 is 1.08 bits per heavy atom. The summed E-state index contributed by atoms with van der Waals surface area (Å²) in [6.45, 7) is 9.94. The van der Waals surface area contributed by atoms with Gasteiger partial charge in [0.2, 0.25) is 5.69 Å². The van der Waals surface area contributed by atoms with Crippen LogP contribution < -0.4 is 9.47 Å². The Hall–Kier alpha value is -2.09. The van der Waals surface area contributed by atoms with Crippen molar-refractivity contribution in [2.45, 2.75) is 130 Å². The van der Waals surface area contributed by atoms with Crippen molar-refractivity contribution in [2.24, 2.45) is 0 Å². The van der Waals surface area contributed by atoms with E-state index < -0.39 is 0 Å². The molecule has 2 heteroatoms. The van der Waals surface area contributed by atoms with Crippen LogP contribution >= 0.6 is 0 Å². The van der Waals surface area contributed by atoms with Crippen LogP contribution in [0.1, 0.15) is 135 Å². The largest absolute Gasteiger partial charge is 0.372 e. The standard InChI is InChI=1S/C35H57N2/c1-4-7-8-9-10-11-12-13-14-15-16-17-18-19-20-22-31-37-32-23-21-24-34(37)28-25-33-26-29-35(30-27-33)36(5-2)6-3/h21,23-30,32H,4-20,22,31H2,1-3H3/q+1.